The fraction of sp³-hybridized carbons (Fsp3) is 0.333. The predicted molar refractivity (Wildman–Crippen MR) is 86.5 cm³/mol. The summed E-state index contributed by atoms with van der Waals surface area (Å²) in [5, 5.41) is 2.67. The monoisotopic (exact) mass is 344 g/mol. The number of nitrogens with zero attached hydrogens (tertiary/aromatic N) is 1. The Balaban J connectivity index is 1.33. The summed E-state index contributed by atoms with van der Waals surface area (Å²) in [4.78, 5) is 26.1. The summed E-state index contributed by atoms with van der Waals surface area (Å²) in [5.41, 5.74) is -0.0653. The smallest absolute Gasteiger partial charge is 0.289 e. The molecule has 6 nitrogen and oxygen atoms in total. The van der Waals surface area contributed by atoms with Crippen LogP contribution in [0.25, 0.3) is 0 Å². The number of nitrogens with one attached hydrogen (secondary N) is 1. The molecule has 1 N–H and O–H groups in total. The van der Waals surface area contributed by atoms with Gasteiger partial charge in [0.05, 0.1) is 19.4 Å². The van der Waals surface area contributed by atoms with E-state index >= 15 is 0 Å². The number of carbonyl (C=O) groups is 2. The molecule has 4 rings (SSSR count). The molecule has 2 aromatic rings. The van der Waals surface area contributed by atoms with E-state index in [1.807, 2.05) is 0 Å². The number of halogens is 1. The van der Waals surface area contributed by atoms with Crippen LogP contribution in [0.1, 0.15) is 23.4 Å². The van der Waals surface area contributed by atoms with Gasteiger partial charge in [0.25, 0.3) is 11.8 Å². The van der Waals surface area contributed by atoms with Crippen molar-refractivity contribution in [1.82, 2.24) is 4.90 Å². The van der Waals surface area contributed by atoms with E-state index in [1.165, 1.54) is 24.5 Å². The van der Waals surface area contributed by atoms with E-state index in [4.69, 9.17) is 9.15 Å². The first-order chi connectivity index (χ1) is 12.0. The average molecular weight is 344 g/mol. The molecule has 3 heterocycles. The molecule has 25 heavy (non-hydrogen) atoms. The largest absolute Gasteiger partial charge is 0.459 e. The van der Waals surface area contributed by atoms with Gasteiger partial charge in [-0.2, -0.15) is 0 Å². The second-order valence-corrected chi connectivity index (χ2v) is 6.47. The summed E-state index contributed by atoms with van der Waals surface area (Å²) in [7, 11) is 0. The van der Waals surface area contributed by atoms with Crippen molar-refractivity contribution in [2.75, 3.05) is 18.4 Å². The number of furan rings is 1. The Morgan fingerprint density at radius 3 is 2.80 bits per heavy atom. The molecule has 0 radical (unpaired) electrons. The van der Waals surface area contributed by atoms with E-state index in [2.05, 4.69) is 5.32 Å². The summed E-state index contributed by atoms with van der Waals surface area (Å²) >= 11 is 0. The molecular weight excluding hydrogens is 327 g/mol. The van der Waals surface area contributed by atoms with Gasteiger partial charge in [0.15, 0.2) is 5.76 Å². The number of ether oxygens (including phenoxy) is 1. The van der Waals surface area contributed by atoms with E-state index in [9.17, 15) is 14.0 Å². The van der Waals surface area contributed by atoms with E-state index in [0.717, 1.165) is 0 Å². The fourth-order valence-electron chi connectivity index (χ4n) is 3.37. The SMILES string of the molecule is O=C(Nc1cccc(F)c1)[C@@H]1CCC2(CN(C(=O)c3ccco3)C2)O1. The zero-order chi connectivity index (χ0) is 17.4. The zero-order valence-corrected chi connectivity index (χ0v) is 13.4. The quantitative estimate of drug-likeness (QED) is 0.928. The van der Waals surface area contributed by atoms with Crippen molar-refractivity contribution in [3.63, 3.8) is 0 Å². The first-order valence-electron chi connectivity index (χ1n) is 8.12. The van der Waals surface area contributed by atoms with Crippen molar-refractivity contribution < 1.29 is 23.1 Å². The lowest BCUT2D eigenvalue weighted by atomic mass is 9.90. The molecule has 7 heteroatoms. The Morgan fingerprint density at radius 2 is 2.08 bits per heavy atom. The molecule has 0 bridgehead atoms. The van der Waals surface area contributed by atoms with Crippen LogP contribution < -0.4 is 5.32 Å². The molecule has 1 aromatic heterocycles. The van der Waals surface area contributed by atoms with Crippen LogP contribution in [-0.4, -0.2) is 41.5 Å². The molecule has 1 atom stereocenters. The number of carbonyl (C=O) groups excluding carboxylic acids is 2. The van der Waals surface area contributed by atoms with Crippen molar-refractivity contribution in [3.8, 4) is 0 Å². The molecule has 2 saturated heterocycles. The van der Waals surface area contributed by atoms with Crippen molar-refractivity contribution in [3.05, 3.63) is 54.2 Å². The maximum absolute atomic E-state index is 13.2. The Bertz CT molecular complexity index is 799. The van der Waals surface area contributed by atoms with Gasteiger partial charge in [-0.1, -0.05) is 6.07 Å². The van der Waals surface area contributed by atoms with Gasteiger partial charge in [-0.05, 0) is 43.2 Å². The van der Waals surface area contributed by atoms with Gasteiger partial charge in [-0.25, -0.2) is 4.39 Å². The summed E-state index contributed by atoms with van der Waals surface area (Å²) in [6.45, 7) is 0.882. The fourth-order valence-corrected chi connectivity index (χ4v) is 3.37. The molecule has 0 saturated carbocycles. The lowest BCUT2D eigenvalue weighted by Crippen LogP contribution is -2.63. The third-order valence-corrected chi connectivity index (χ3v) is 4.62. The third kappa shape index (κ3) is 3.02. The number of hydrogen-bond donors (Lipinski definition) is 1. The van der Waals surface area contributed by atoms with Crippen LogP contribution >= 0.6 is 0 Å². The highest BCUT2D eigenvalue weighted by atomic mass is 19.1. The minimum absolute atomic E-state index is 0.174. The van der Waals surface area contributed by atoms with Gasteiger partial charge in [0.1, 0.15) is 17.5 Å². The van der Waals surface area contributed by atoms with Crippen LogP contribution in [0.2, 0.25) is 0 Å². The van der Waals surface area contributed by atoms with Crippen molar-refractivity contribution >= 4 is 17.5 Å². The van der Waals surface area contributed by atoms with Gasteiger partial charge in [0, 0.05) is 5.69 Å². The maximum Gasteiger partial charge on any atom is 0.289 e. The average Bonchev–Trinajstić information content (AvgIpc) is 3.23. The van der Waals surface area contributed by atoms with Crippen LogP contribution in [0.15, 0.2) is 47.1 Å². The number of hydrogen-bond acceptors (Lipinski definition) is 4. The summed E-state index contributed by atoms with van der Waals surface area (Å²) in [5.74, 6) is -0.578. The molecule has 0 unspecified atom stereocenters. The highest BCUT2D eigenvalue weighted by molar-refractivity contribution is 5.94. The van der Waals surface area contributed by atoms with E-state index in [0.29, 0.717) is 37.4 Å². The standard InChI is InChI=1S/C18H17FN2O4/c19-12-3-1-4-13(9-12)20-16(22)14-6-7-18(25-14)10-21(11-18)17(23)15-5-2-8-24-15/h1-5,8-9,14H,6-7,10-11H2,(H,20,22)/t14-/m0/s1. The Labute approximate surface area is 143 Å². The zero-order valence-electron chi connectivity index (χ0n) is 13.4. The van der Waals surface area contributed by atoms with Gasteiger partial charge >= 0.3 is 0 Å². The Morgan fingerprint density at radius 1 is 1.24 bits per heavy atom. The summed E-state index contributed by atoms with van der Waals surface area (Å²) in [6, 6.07) is 9.02. The van der Waals surface area contributed by atoms with Gasteiger partial charge in [-0.15, -0.1) is 0 Å². The molecule has 1 aromatic carbocycles. The van der Waals surface area contributed by atoms with Gasteiger partial charge in [-0.3, -0.25) is 9.59 Å². The molecule has 2 aliphatic heterocycles. The predicted octanol–water partition coefficient (Wildman–Crippen LogP) is 2.43. The van der Waals surface area contributed by atoms with Crippen molar-refractivity contribution in [2.45, 2.75) is 24.5 Å². The normalized spacial score (nSPS) is 21.2. The lowest BCUT2D eigenvalue weighted by molar-refractivity contribution is -0.146. The Hall–Kier alpha value is -2.67. The number of anilines is 1. The third-order valence-electron chi connectivity index (χ3n) is 4.62. The highest BCUT2D eigenvalue weighted by Gasteiger charge is 2.52. The maximum atomic E-state index is 13.2. The second-order valence-electron chi connectivity index (χ2n) is 6.47. The van der Waals surface area contributed by atoms with E-state index < -0.39 is 17.5 Å². The van der Waals surface area contributed by atoms with Gasteiger partial charge < -0.3 is 19.4 Å². The molecule has 130 valence electrons. The topological polar surface area (TPSA) is 71.8 Å². The number of rotatable bonds is 3. The minimum Gasteiger partial charge on any atom is -0.459 e. The lowest BCUT2D eigenvalue weighted by Gasteiger charge is -2.46. The number of likely N-dealkylation sites (tertiary alicyclic amines) is 1. The van der Waals surface area contributed by atoms with Crippen molar-refractivity contribution in [2.24, 2.45) is 0 Å². The first kappa shape index (κ1) is 15.8. The molecule has 2 aliphatic rings. The summed E-state index contributed by atoms with van der Waals surface area (Å²) in [6.07, 6.45) is 2.14. The summed E-state index contributed by atoms with van der Waals surface area (Å²) < 4.78 is 24.2. The molecule has 1 spiro atoms. The van der Waals surface area contributed by atoms with Crippen molar-refractivity contribution in [1.29, 1.82) is 0 Å². The number of amides is 2. The van der Waals surface area contributed by atoms with Crippen LogP contribution in [0.3, 0.4) is 0 Å². The van der Waals surface area contributed by atoms with Crippen LogP contribution in [0.5, 0.6) is 0 Å². The number of benzene rings is 1. The second kappa shape index (κ2) is 6.00. The highest BCUT2D eigenvalue weighted by Crippen LogP contribution is 2.39. The molecule has 0 aliphatic carbocycles. The van der Waals surface area contributed by atoms with Crippen LogP contribution in [0.4, 0.5) is 10.1 Å². The molecular formula is C18H17FN2O4. The molecule has 2 amide bonds. The first-order valence-corrected chi connectivity index (χ1v) is 8.12. The van der Waals surface area contributed by atoms with Crippen LogP contribution in [-0.2, 0) is 9.53 Å². The van der Waals surface area contributed by atoms with E-state index in [1.54, 1.807) is 23.1 Å². The van der Waals surface area contributed by atoms with E-state index in [-0.39, 0.29) is 11.8 Å². The molecule has 2 fully saturated rings. The van der Waals surface area contributed by atoms with Crippen LogP contribution in [0, 0.1) is 5.82 Å². The van der Waals surface area contributed by atoms with Gasteiger partial charge in [0.2, 0.25) is 0 Å². The minimum atomic E-state index is -0.593. The Kier molecular flexibility index (Phi) is 3.80.